The Morgan fingerprint density at radius 3 is 2.61 bits per heavy atom. The van der Waals surface area contributed by atoms with Gasteiger partial charge in [-0.15, -0.1) is 0 Å². The molecule has 4 heteroatoms. The Kier molecular flexibility index (Phi) is 3.68. The summed E-state index contributed by atoms with van der Waals surface area (Å²) in [5.74, 6) is 0.0648. The van der Waals surface area contributed by atoms with E-state index in [0.29, 0.717) is 31.8 Å². The summed E-state index contributed by atoms with van der Waals surface area (Å²) in [6.07, 6.45) is 0. The fourth-order valence-electron chi connectivity index (χ4n) is 2.16. The third-order valence-corrected chi connectivity index (χ3v) is 3.15. The van der Waals surface area contributed by atoms with Gasteiger partial charge in [-0.05, 0) is 31.5 Å². The SMILES string of the molecule is CC1(C)CN(C(=O)c2ccc(CN)cc2)CCO1. The van der Waals surface area contributed by atoms with E-state index in [2.05, 4.69) is 0 Å². The molecule has 1 aliphatic rings. The van der Waals surface area contributed by atoms with Gasteiger partial charge in [0.05, 0.1) is 12.2 Å². The molecular formula is C14H20N2O2. The lowest BCUT2D eigenvalue weighted by Crippen LogP contribution is -2.50. The van der Waals surface area contributed by atoms with Crippen LogP contribution in [0.2, 0.25) is 0 Å². The van der Waals surface area contributed by atoms with Crippen molar-refractivity contribution in [3.63, 3.8) is 0 Å². The highest BCUT2D eigenvalue weighted by Gasteiger charge is 2.30. The van der Waals surface area contributed by atoms with Crippen molar-refractivity contribution >= 4 is 5.91 Å². The molecule has 1 aromatic carbocycles. The molecular weight excluding hydrogens is 228 g/mol. The monoisotopic (exact) mass is 248 g/mol. The van der Waals surface area contributed by atoms with Gasteiger partial charge in [-0.2, -0.15) is 0 Å². The number of carbonyl (C=O) groups excluding carboxylic acids is 1. The predicted octanol–water partition coefficient (Wildman–Crippen LogP) is 1.40. The van der Waals surface area contributed by atoms with E-state index in [1.54, 1.807) is 0 Å². The van der Waals surface area contributed by atoms with Crippen LogP contribution in [0.4, 0.5) is 0 Å². The Morgan fingerprint density at radius 1 is 1.39 bits per heavy atom. The summed E-state index contributed by atoms with van der Waals surface area (Å²) >= 11 is 0. The first kappa shape index (κ1) is 13.1. The molecule has 1 saturated heterocycles. The van der Waals surface area contributed by atoms with E-state index in [1.807, 2.05) is 43.0 Å². The molecule has 1 aliphatic heterocycles. The maximum atomic E-state index is 12.3. The van der Waals surface area contributed by atoms with Gasteiger partial charge in [0, 0.05) is 25.2 Å². The van der Waals surface area contributed by atoms with Crippen LogP contribution in [0, 0.1) is 0 Å². The third-order valence-electron chi connectivity index (χ3n) is 3.15. The van der Waals surface area contributed by atoms with Crippen LogP contribution >= 0.6 is 0 Å². The van der Waals surface area contributed by atoms with Gasteiger partial charge in [0.15, 0.2) is 0 Å². The second kappa shape index (κ2) is 5.08. The summed E-state index contributed by atoms with van der Waals surface area (Å²) in [6.45, 7) is 6.39. The molecule has 0 spiro atoms. The molecule has 2 rings (SSSR count). The lowest BCUT2D eigenvalue weighted by atomic mass is 10.1. The highest BCUT2D eigenvalue weighted by Crippen LogP contribution is 2.18. The Bertz CT molecular complexity index is 426. The number of morpholine rings is 1. The van der Waals surface area contributed by atoms with Crippen molar-refractivity contribution in [2.24, 2.45) is 5.73 Å². The minimum atomic E-state index is -0.259. The van der Waals surface area contributed by atoms with Gasteiger partial charge >= 0.3 is 0 Å². The van der Waals surface area contributed by atoms with Gasteiger partial charge in [0.1, 0.15) is 0 Å². The van der Waals surface area contributed by atoms with Crippen LogP contribution in [0.25, 0.3) is 0 Å². The summed E-state index contributed by atoms with van der Waals surface area (Å²) in [5, 5.41) is 0. The van der Waals surface area contributed by atoms with Crippen molar-refractivity contribution in [1.82, 2.24) is 4.90 Å². The largest absolute Gasteiger partial charge is 0.372 e. The van der Waals surface area contributed by atoms with Gasteiger partial charge in [-0.25, -0.2) is 0 Å². The first-order valence-corrected chi connectivity index (χ1v) is 6.24. The number of nitrogens with zero attached hydrogens (tertiary/aromatic N) is 1. The van der Waals surface area contributed by atoms with E-state index in [0.717, 1.165) is 5.56 Å². The van der Waals surface area contributed by atoms with Gasteiger partial charge in [0.2, 0.25) is 0 Å². The number of nitrogens with two attached hydrogens (primary N) is 1. The smallest absolute Gasteiger partial charge is 0.254 e. The molecule has 1 fully saturated rings. The quantitative estimate of drug-likeness (QED) is 0.860. The van der Waals surface area contributed by atoms with Crippen molar-refractivity contribution in [2.45, 2.75) is 26.0 Å². The molecule has 0 aromatic heterocycles. The number of benzene rings is 1. The Morgan fingerprint density at radius 2 is 2.06 bits per heavy atom. The topological polar surface area (TPSA) is 55.6 Å². The van der Waals surface area contributed by atoms with Crippen LogP contribution in [0.3, 0.4) is 0 Å². The van der Waals surface area contributed by atoms with Gasteiger partial charge in [-0.3, -0.25) is 4.79 Å². The summed E-state index contributed by atoms with van der Waals surface area (Å²) in [7, 11) is 0. The van der Waals surface area contributed by atoms with Gasteiger partial charge in [0.25, 0.3) is 5.91 Å². The molecule has 0 saturated carbocycles. The molecule has 98 valence electrons. The fourth-order valence-corrected chi connectivity index (χ4v) is 2.16. The summed E-state index contributed by atoms with van der Waals surface area (Å²) < 4.78 is 5.61. The minimum absolute atomic E-state index is 0.0648. The molecule has 2 N–H and O–H groups in total. The van der Waals surface area contributed by atoms with Crippen molar-refractivity contribution in [2.75, 3.05) is 19.7 Å². The summed E-state index contributed by atoms with van der Waals surface area (Å²) in [5.41, 5.74) is 7.03. The molecule has 4 nitrogen and oxygen atoms in total. The molecule has 1 heterocycles. The molecule has 0 aliphatic carbocycles. The highest BCUT2D eigenvalue weighted by molar-refractivity contribution is 5.94. The summed E-state index contributed by atoms with van der Waals surface area (Å²) in [6, 6.07) is 7.48. The molecule has 18 heavy (non-hydrogen) atoms. The zero-order chi connectivity index (χ0) is 13.2. The number of carbonyl (C=O) groups is 1. The lowest BCUT2D eigenvalue weighted by Gasteiger charge is -2.38. The maximum absolute atomic E-state index is 12.3. The normalized spacial score (nSPS) is 18.7. The van der Waals surface area contributed by atoms with Crippen molar-refractivity contribution in [3.05, 3.63) is 35.4 Å². The first-order chi connectivity index (χ1) is 8.52. The van der Waals surface area contributed by atoms with Crippen LogP contribution in [0.15, 0.2) is 24.3 Å². The molecule has 0 unspecified atom stereocenters. The van der Waals surface area contributed by atoms with Gasteiger partial charge in [-0.1, -0.05) is 12.1 Å². The molecule has 0 bridgehead atoms. The second-order valence-corrected chi connectivity index (χ2v) is 5.24. The van der Waals surface area contributed by atoms with E-state index >= 15 is 0 Å². The summed E-state index contributed by atoms with van der Waals surface area (Å²) in [4.78, 5) is 14.2. The number of hydrogen-bond donors (Lipinski definition) is 1. The maximum Gasteiger partial charge on any atom is 0.254 e. The predicted molar refractivity (Wildman–Crippen MR) is 70.3 cm³/mol. The average molecular weight is 248 g/mol. The van der Waals surface area contributed by atoms with Crippen LogP contribution in [-0.2, 0) is 11.3 Å². The van der Waals surface area contributed by atoms with Crippen LogP contribution in [0.1, 0.15) is 29.8 Å². The van der Waals surface area contributed by atoms with E-state index in [4.69, 9.17) is 10.5 Å². The third kappa shape index (κ3) is 2.89. The fraction of sp³-hybridized carbons (Fsp3) is 0.500. The zero-order valence-corrected chi connectivity index (χ0v) is 11.0. The number of ether oxygens (including phenoxy) is 1. The lowest BCUT2D eigenvalue weighted by molar-refractivity contribution is -0.0764. The first-order valence-electron chi connectivity index (χ1n) is 6.24. The molecule has 1 amide bonds. The van der Waals surface area contributed by atoms with Crippen LogP contribution in [-0.4, -0.2) is 36.1 Å². The molecule has 0 radical (unpaired) electrons. The van der Waals surface area contributed by atoms with E-state index in [9.17, 15) is 4.79 Å². The van der Waals surface area contributed by atoms with E-state index in [-0.39, 0.29) is 11.5 Å². The number of hydrogen-bond acceptors (Lipinski definition) is 3. The van der Waals surface area contributed by atoms with E-state index in [1.165, 1.54) is 0 Å². The van der Waals surface area contributed by atoms with Crippen LogP contribution < -0.4 is 5.73 Å². The minimum Gasteiger partial charge on any atom is -0.372 e. The van der Waals surface area contributed by atoms with Gasteiger partial charge < -0.3 is 15.4 Å². The Labute approximate surface area is 108 Å². The van der Waals surface area contributed by atoms with Crippen molar-refractivity contribution in [3.8, 4) is 0 Å². The van der Waals surface area contributed by atoms with Crippen LogP contribution in [0.5, 0.6) is 0 Å². The Balaban J connectivity index is 2.10. The number of rotatable bonds is 2. The second-order valence-electron chi connectivity index (χ2n) is 5.24. The highest BCUT2D eigenvalue weighted by atomic mass is 16.5. The molecule has 1 aromatic rings. The molecule has 0 atom stereocenters. The van der Waals surface area contributed by atoms with Crippen molar-refractivity contribution in [1.29, 1.82) is 0 Å². The Hall–Kier alpha value is -1.39. The van der Waals surface area contributed by atoms with E-state index < -0.39 is 0 Å². The zero-order valence-electron chi connectivity index (χ0n) is 11.0. The van der Waals surface area contributed by atoms with Crippen molar-refractivity contribution < 1.29 is 9.53 Å². The average Bonchev–Trinajstić information content (AvgIpc) is 2.37. The number of amides is 1. The standard InChI is InChI=1S/C14H20N2O2/c1-14(2)10-16(7-8-18-14)13(17)12-5-3-11(9-15)4-6-12/h3-6H,7-10,15H2,1-2H3.